The van der Waals surface area contributed by atoms with Crippen molar-refractivity contribution in [1.82, 2.24) is 10.6 Å². The van der Waals surface area contributed by atoms with E-state index in [-0.39, 0.29) is 0 Å². The van der Waals surface area contributed by atoms with Gasteiger partial charge >= 0.3 is 0 Å². The predicted molar refractivity (Wildman–Crippen MR) is 88.4 cm³/mol. The summed E-state index contributed by atoms with van der Waals surface area (Å²) < 4.78 is 5.31. The number of hydrogen-bond acceptors (Lipinski definition) is 2. The lowest BCUT2D eigenvalue weighted by Gasteiger charge is -2.18. The molecule has 0 spiro atoms. The highest BCUT2D eigenvalue weighted by Gasteiger charge is 2.08. The van der Waals surface area contributed by atoms with Crippen molar-refractivity contribution in [2.24, 2.45) is 10.4 Å². The van der Waals surface area contributed by atoms with E-state index in [0.29, 0.717) is 5.41 Å². The van der Waals surface area contributed by atoms with Gasteiger partial charge in [0.2, 0.25) is 0 Å². The average Bonchev–Trinajstić information content (AvgIpc) is 2.38. The van der Waals surface area contributed by atoms with E-state index in [1.54, 1.807) is 0 Å². The summed E-state index contributed by atoms with van der Waals surface area (Å²) >= 11 is 0. The first-order chi connectivity index (χ1) is 9.49. The molecule has 0 aromatic carbocycles. The van der Waals surface area contributed by atoms with Gasteiger partial charge < -0.3 is 15.4 Å². The van der Waals surface area contributed by atoms with Gasteiger partial charge in [0.1, 0.15) is 0 Å². The van der Waals surface area contributed by atoms with Crippen molar-refractivity contribution in [2.75, 3.05) is 33.4 Å². The zero-order valence-electron chi connectivity index (χ0n) is 14.2. The van der Waals surface area contributed by atoms with Gasteiger partial charge in [-0.1, -0.05) is 27.2 Å². The zero-order valence-corrected chi connectivity index (χ0v) is 14.2. The van der Waals surface area contributed by atoms with Crippen LogP contribution in [0.3, 0.4) is 0 Å². The molecule has 0 rings (SSSR count). The van der Waals surface area contributed by atoms with Gasteiger partial charge in [-0.25, -0.2) is 0 Å². The maximum Gasteiger partial charge on any atom is 0.190 e. The molecule has 0 fully saturated rings. The average molecular weight is 285 g/mol. The molecule has 0 aromatic heterocycles. The largest absolute Gasteiger partial charge is 0.382 e. The normalized spacial score (nSPS) is 12.6. The molecular formula is C16H35N3O. The highest BCUT2D eigenvalue weighted by Crippen LogP contribution is 2.21. The van der Waals surface area contributed by atoms with E-state index in [1.165, 1.54) is 19.3 Å². The molecule has 20 heavy (non-hydrogen) atoms. The Hall–Kier alpha value is -0.770. The molecule has 0 amide bonds. The molecule has 0 unspecified atom stereocenters. The second-order valence-electron chi connectivity index (χ2n) is 6.35. The first-order valence-corrected chi connectivity index (χ1v) is 8.02. The highest BCUT2D eigenvalue weighted by molar-refractivity contribution is 5.79. The second-order valence-corrected chi connectivity index (χ2v) is 6.35. The molecule has 0 radical (unpaired) electrons. The zero-order chi connectivity index (χ0) is 15.3. The van der Waals surface area contributed by atoms with Gasteiger partial charge in [-0.05, 0) is 38.0 Å². The molecule has 4 heteroatoms. The van der Waals surface area contributed by atoms with Crippen molar-refractivity contribution in [3.05, 3.63) is 0 Å². The van der Waals surface area contributed by atoms with Gasteiger partial charge in [-0.2, -0.15) is 0 Å². The number of unbranched alkanes of at least 4 members (excludes halogenated alkanes) is 2. The summed E-state index contributed by atoms with van der Waals surface area (Å²) in [6.45, 7) is 12.5. The van der Waals surface area contributed by atoms with Crippen LogP contribution in [0.25, 0.3) is 0 Å². The second kappa shape index (κ2) is 12.0. The van der Waals surface area contributed by atoms with E-state index >= 15 is 0 Å². The molecule has 0 saturated carbocycles. The summed E-state index contributed by atoms with van der Waals surface area (Å²) in [6.07, 6.45) is 5.95. The third kappa shape index (κ3) is 13.7. The Balaban J connectivity index is 3.48. The lowest BCUT2D eigenvalue weighted by molar-refractivity contribution is 0.143. The van der Waals surface area contributed by atoms with E-state index < -0.39 is 0 Å². The molecule has 2 N–H and O–H groups in total. The van der Waals surface area contributed by atoms with Crippen LogP contribution in [-0.4, -0.2) is 39.3 Å². The maximum absolute atomic E-state index is 5.31. The van der Waals surface area contributed by atoms with Crippen molar-refractivity contribution < 1.29 is 4.74 Å². The number of nitrogens with zero attached hydrogens (tertiary/aromatic N) is 1. The predicted octanol–water partition coefficient (Wildman–Crippen LogP) is 3.18. The minimum Gasteiger partial charge on any atom is -0.382 e. The van der Waals surface area contributed by atoms with Crippen LogP contribution in [0.4, 0.5) is 0 Å². The smallest absolute Gasteiger partial charge is 0.190 e. The number of hydrogen-bond donors (Lipinski definition) is 2. The van der Waals surface area contributed by atoms with Gasteiger partial charge in [-0.3, -0.25) is 4.99 Å². The molecule has 0 aliphatic heterocycles. The van der Waals surface area contributed by atoms with Crippen molar-refractivity contribution in [3.8, 4) is 0 Å². The standard InChI is InChI=1S/C16H35N3O/c1-6-20-14-10-9-13-19-15(17-5)18-12-8-7-11-16(2,3)4/h6-14H2,1-5H3,(H2,17,18,19). The van der Waals surface area contributed by atoms with Crippen molar-refractivity contribution >= 4 is 5.96 Å². The molecule has 0 atom stereocenters. The van der Waals surface area contributed by atoms with Crippen LogP contribution in [0.5, 0.6) is 0 Å². The number of rotatable bonds is 10. The molecular weight excluding hydrogens is 250 g/mol. The topological polar surface area (TPSA) is 45.6 Å². The molecule has 0 saturated heterocycles. The molecule has 120 valence electrons. The summed E-state index contributed by atoms with van der Waals surface area (Å²) in [5, 5.41) is 6.70. The molecule has 0 aliphatic rings. The third-order valence-electron chi connectivity index (χ3n) is 3.08. The summed E-state index contributed by atoms with van der Waals surface area (Å²) in [5.74, 6) is 0.914. The SMILES string of the molecule is CCOCCCCNC(=NC)NCCCCC(C)(C)C. The van der Waals surface area contributed by atoms with E-state index in [2.05, 4.69) is 36.4 Å². The monoisotopic (exact) mass is 285 g/mol. The molecule has 0 heterocycles. The van der Waals surface area contributed by atoms with Gasteiger partial charge in [0.05, 0.1) is 0 Å². The minimum atomic E-state index is 0.445. The Labute approximate surface area is 125 Å². The van der Waals surface area contributed by atoms with Crippen molar-refractivity contribution in [3.63, 3.8) is 0 Å². The van der Waals surface area contributed by atoms with Crippen LogP contribution < -0.4 is 10.6 Å². The Morgan fingerprint density at radius 3 is 2.10 bits per heavy atom. The van der Waals surface area contributed by atoms with E-state index in [4.69, 9.17) is 4.74 Å². The number of nitrogens with one attached hydrogen (secondary N) is 2. The van der Waals surface area contributed by atoms with Crippen LogP contribution in [0.15, 0.2) is 4.99 Å². The summed E-state index contributed by atoms with van der Waals surface area (Å²) in [7, 11) is 1.82. The summed E-state index contributed by atoms with van der Waals surface area (Å²) in [5.41, 5.74) is 0.445. The van der Waals surface area contributed by atoms with E-state index in [0.717, 1.165) is 45.1 Å². The van der Waals surface area contributed by atoms with Crippen molar-refractivity contribution in [2.45, 2.75) is 59.8 Å². The first-order valence-electron chi connectivity index (χ1n) is 8.02. The summed E-state index contributed by atoms with van der Waals surface area (Å²) in [6, 6.07) is 0. The van der Waals surface area contributed by atoms with Crippen LogP contribution >= 0.6 is 0 Å². The fraction of sp³-hybridized carbons (Fsp3) is 0.938. The van der Waals surface area contributed by atoms with Crippen LogP contribution in [0.2, 0.25) is 0 Å². The Kier molecular flexibility index (Phi) is 11.5. The fourth-order valence-electron chi connectivity index (χ4n) is 1.89. The van der Waals surface area contributed by atoms with Gasteiger partial charge in [-0.15, -0.1) is 0 Å². The van der Waals surface area contributed by atoms with Crippen LogP contribution in [-0.2, 0) is 4.74 Å². The molecule has 0 aliphatic carbocycles. The minimum absolute atomic E-state index is 0.445. The third-order valence-corrected chi connectivity index (χ3v) is 3.08. The first kappa shape index (κ1) is 19.2. The van der Waals surface area contributed by atoms with Crippen LogP contribution in [0, 0.1) is 5.41 Å². The molecule has 4 nitrogen and oxygen atoms in total. The van der Waals surface area contributed by atoms with Crippen LogP contribution in [0.1, 0.15) is 59.8 Å². The number of guanidine groups is 1. The number of aliphatic imine (C=N–C) groups is 1. The van der Waals surface area contributed by atoms with Gasteiger partial charge in [0, 0.05) is 33.4 Å². The highest BCUT2D eigenvalue weighted by atomic mass is 16.5. The van der Waals surface area contributed by atoms with E-state index in [1.807, 2.05) is 14.0 Å². The Morgan fingerprint density at radius 1 is 1.00 bits per heavy atom. The lowest BCUT2D eigenvalue weighted by atomic mass is 9.90. The van der Waals surface area contributed by atoms with Gasteiger partial charge in [0.15, 0.2) is 5.96 Å². The van der Waals surface area contributed by atoms with Gasteiger partial charge in [0.25, 0.3) is 0 Å². The fourth-order valence-corrected chi connectivity index (χ4v) is 1.89. The number of ether oxygens (including phenoxy) is 1. The Bertz CT molecular complexity index is 247. The van der Waals surface area contributed by atoms with E-state index in [9.17, 15) is 0 Å². The lowest BCUT2D eigenvalue weighted by Crippen LogP contribution is -2.38. The molecule has 0 aromatic rings. The Morgan fingerprint density at radius 2 is 1.60 bits per heavy atom. The van der Waals surface area contributed by atoms with Crippen molar-refractivity contribution in [1.29, 1.82) is 0 Å². The molecule has 0 bridgehead atoms. The summed E-state index contributed by atoms with van der Waals surface area (Å²) in [4.78, 5) is 4.23. The maximum atomic E-state index is 5.31. The quantitative estimate of drug-likeness (QED) is 0.368.